The lowest BCUT2D eigenvalue weighted by molar-refractivity contribution is 0.224. The molecule has 0 amide bonds. The molecule has 0 spiro atoms. The fourth-order valence-corrected chi connectivity index (χ4v) is 3.33. The Labute approximate surface area is 101 Å². The van der Waals surface area contributed by atoms with Gasteiger partial charge in [0.1, 0.15) is 0 Å². The van der Waals surface area contributed by atoms with Crippen LogP contribution in [-0.4, -0.2) is 36.6 Å². The van der Waals surface area contributed by atoms with E-state index in [4.69, 9.17) is 0 Å². The lowest BCUT2D eigenvalue weighted by Crippen LogP contribution is -2.43. The first kappa shape index (κ1) is 12.4. The first-order valence-electron chi connectivity index (χ1n) is 7.27. The third-order valence-electron chi connectivity index (χ3n) is 4.47. The summed E-state index contributed by atoms with van der Waals surface area (Å²) in [5.41, 5.74) is 0. The maximum Gasteiger partial charge on any atom is 0.0218 e. The molecule has 94 valence electrons. The topological polar surface area (TPSA) is 15.3 Å². The number of hydrogen-bond acceptors (Lipinski definition) is 2. The highest BCUT2D eigenvalue weighted by Crippen LogP contribution is 2.24. The van der Waals surface area contributed by atoms with Gasteiger partial charge in [-0.3, -0.25) is 4.90 Å². The van der Waals surface area contributed by atoms with E-state index in [1.165, 1.54) is 58.2 Å². The molecular weight excluding hydrogens is 196 g/mol. The lowest BCUT2D eigenvalue weighted by atomic mass is 10.1. The summed E-state index contributed by atoms with van der Waals surface area (Å²) in [4.78, 5) is 2.69. The van der Waals surface area contributed by atoms with Crippen LogP contribution >= 0.6 is 0 Å². The smallest absolute Gasteiger partial charge is 0.0218 e. The van der Waals surface area contributed by atoms with Crippen molar-refractivity contribution in [1.82, 2.24) is 10.2 Å². The maximum atomic E-state index is 3.80. The van der Waals surface area contributed by atoms with Gasteiger partial charge in [0.25, 0.3) is 0 Å². The van der Waals surface area contributed by atoms with E-state index in [0.717, 1.165) is 18.0 Å². The molecule has 1 saturated carbocycles. The molecule has 2 nitrogen and oxygen atoms in total. The van der Waals surface area contributed by atoms with Gasteiger partial charge in [-0.1, -0.05) is 13.8 Å². The molecule has 0 aromatic carbocycles. The molecule has 0 aromatic rings. The minimum absolute atomic E-state index is 0.790. The van der Waals surface area contributed by atoms with E-state index in [-0.39, 0.29) is 0 Å². The molecule has 2 rings (SSSR count). The van der Waals surface area contributed by atoms with Gasteiger partial charge in [0.15, 0.2) is 0 Å². The summed E-state index contributed by atoms with van der Waals surface area (Å²) in [6, 6.07) is 1.60. The van der Waals surface area contributed by atoms with Gasteiger partial charge in [-0.2, -0.15) is 0 Å². The molecule has 16 heavy (non-hydrogen) atoms. The molecule has 2 heteroatoms. The molecule has 1 saturated heterocycles. The minimum Gasteiger partial charge on any atom is -0.312 e. The molecule has 3 unspecified atom stereocenters. The zero-order valence-electron chi connectivity index (χ0n) is 11.0. The van der Waals surface area contributed by atoms with Gasteiger partial charge in [-0.05, 0) is 57.5 Å². The quantitative estimate of drug-likeness (QED) is 0.772. The van der Waals surface area contributed by atoms with Crippen LogP contribution in [0.3, 0.4) is 0 Å². The standard InChI is InChI=1S/C14H28N2/c1-3-14(16-8-4-5-9-16)11-15-13-7-6-12(2)10-13/h12-15H,3-11H2,1-2H3. The molecule has 0 radical (unpaired) electrons. The monoisotopic (exact) mass is 224 g/mol. The zero-order chi connectivity index (χ0) is 11.4. The highest BCUT2D eigenvalue weighted by molar-refractivity contribution is 4.82. The highest BCUT2D eigenvalue weighted by atomic mass is 15.2. The lowest BCUT2D eigenvalue weighted by Gasteiger charge is -2.28. The number of hydrogen-bond donors (Lipinski definition) is 1. The zero-order valence-corrected chi connectivity index (χ0v) is 11.0. The van der Waals surface area contributed by atoms with E-state index < -0.39 is 0 Å². The molecular formula is C14H28N2. The molecule has 2 aliphatic rings. The molecule has 0 aromatic heterocycles. The van der Waals surface area contributed by atoms with E-state index in [1.54, 1.807) is 0 Å². The summed E-state index contributed by atoms with van der Waals surface area (Å²) >= 11 is 0. The number of nitrogens with zero attached hydrogens (tertiary/aromatic N) is 1. The molecule has 1 aliphatic heterocycles. The van der Waals surface area contributed by atoms with Crippen molar-refractivity contribution in [2.24, 2.45) is 5.92 Å². The van der Waals surface area contributed by atoms with Gasteiger partial charge in [0, 0.05) is 18.6 Å². The van der Waals surface area contributed by atoms with Gasteiger partial charge in [-0.15, -0.1) is 0 Å². The van der Waals surface area contributed by atoms with Crippen molar-refractivity contribution in [2.75, 3.05) is 19.6 Å². The maximum absolute atomic E-state index is 3.80. The highest BCUT2D eigenvalue weighted by Gasteiger charge is 2.24. The Morgan fingerprint density at radius 3 is 2.56 bits per heavy atom. The van der Waals surface area contributed by atoms with Crippen molar-refractivity contribution in [3.05, 3.63) is 0 Å². The van der Waals surface area contributed by atoms with Gasteiger partial charge in [0.05, 0.1) is 0 Å². The van der Waals surface area contributed by atoms with Crippen LogP contribution in [0.1, 0.15) is 52.4 Å². The van der Waals surface area contributed by atoms with Crippen molar-refractivity contribution >= 4 is 0 Å². The Balaban J connectivity index is 1.70. The van der Waals surface area contributed by atoms with Crippen molar-refractivity contribution in [2.45, 2.75) is 64.5 Å². The van der Waals surface area contributed by atoms with Gasteiger partial charge in [0.2, 0.25) is 0 Å². The fraction of sp³-hybridized carbons (Fsp3) is 1.00. The molecule has 1 aliphatic carbocycles. The molecule has 2 fully saturated rings. The Kier molecular flexibility index (Phi) is 4.66. The Morgan fingerprint density at radius 2 is 2.00 bits per heavy atom. The predicted octanol–water partition coefficient (Wildman–Crippen LogP) is 2.64. The number of likely N-dealkylation sites (tertiary alicyclic amines) is 1. The summed E-state index contributed by atoms with van der Waals surface area (Å²) in [6.07, 6.45) is 8.36. The predicted molar refractivity (Wildman–Crippen MR) is 69.7 cm³/mol. The van der Waals surface area contributed by atoms with E-state index in [0.29, 0.717) is 0 Å². The van der Waals surface area contributed by atoms with Crippen molar-refractivity contribution in [3.63, 3.8) is 0 Å². The third-order valence-corrected chi connectivity index (χ3v) is 4.47. The summed E-state index contributed by atoms with van der Waals surface area (Å²) in [6.45, 7) is 8.61. The van der Waals surface area contributed by atoms with Crippen LogP contribution in [0.15, 0.2) is 0 Å². The summed E-state index contributed by atoms with van der Waals surface area (Å²) in [5.74, 6) is 0.948. The van der Waals surface area contributed by atoms with Gasteiger partial charge >= 0.3 is 0 Å². The average molecular weight is 224 g/mol. The van der Waals surface area contributed by atoms with Gasteiger partial charge in [-0.25, -0.2) is 0 Å². The Bertz CT molecular complexity index is 199. The first-order chi connectivity index (χ1) is 7.79. The Morgan fingerprint density at radius 1 is 1.25 bits per heavy atom. The van der Waals surface area contributed by atoms with Crippen LogP contribution in [0.5, 0.6) is 0 Å². The van der Waals surface area contributed by atoms with E-state index in [1.807, 2.05) is 0 Å². The second-order valence-corrected chi connectivity index (χ2v) is 5.83. The summed E-state index contributed by atoms with van der Waals surface area (Å²) < 4.78 is 0. The first-order valence-corrected chi connectivity index (χ1v) is 7.27. The number of rotatable bonds is 5. The second kappa shape index (κ2) is 6.02. The third kappa shape index (κ3) is 3.21. The molecule has 0 bridgehead atoms. The normalized spacial score (nSPS) is 33.4. The SMILES string of the molecule is CCC(CNC1CCC(C)C1)N1CCCC1. The van der Waals surface area contributed by atoms with Crippen LogP contribution in [0.4, 0.5) is 0 Å². The van der Waals surface area contributed by atoms with Crippen LogP contribution in [0.25, 0.3) is 0 Å². The average Bonchev–Trinajstić information content (AvgIpc) is 2.91. The van der Waals surface area contributed by atoms with Gasteiger partial charge < -0.3 is 5.32 Å². The molecule has 1 N–H and O–H groups in total. The largest absolute Gasteiger partial charge is 0.312 e. The fourth-order valence-electron chi connectivity index (χ4n) is 3.33. The van der Waals surface area contributed by atoms with Crippen molar-refractivity contribution in [1.29, 1.82) is 0 Å². The second-order valence-electron chi connectivity index (χ2n) is 5.83. The summed E-state index contributed by atoms with van der Waals surface area (Å²) in [5, 5.41) is 3.80. The van der Waals surface area contributed by atoms with Crippen molar-refractivity contribution in [3.8, 4) is 0 Å². The number of nitrogens with one attached hydrogen (secondary N) is 1. The van der Waals surface area contributed by atoms with E-state index >= 15 is 0 Å². The Hall–Kier alpha value is -0.0800. The van der Waals surface area contributed by atoms with E-state index in [2.05, 4.69) is 24.1 Å². The molecule has 3 atom stereocenters. The minimum atomic E-state index is 0.790. The van der Waals surface area contributed by atoms with E-state index in [9.17, 15) is 0 Å². The van der Waals surface area contributed by atoms with Crippen LogP contribution < -0.4 is 5.32 Å². The molecule has 1 heterocycles. The summed E-state index contributed by atoms with van der Waals surface area (Å²) in [7, 11) is 0. The van der Waals surface area contributed by atoms with Crippen LogP contribution in [-0.2, 0) is 0 Å². The van der Waals surface area contributed by atoms with Crippen LogP contribution in [0, 0.1) is 5.92 Å². The van der Waals surface area contributed by atoms with Crippen molar-refractivity contribution < 1.29 is 0 Å². The van der Waals surface area contributed by atoms with Crippen LogP contribution in [0.2, 0.25) is 0 Å².